The van der Waals surface area contributed by atoms with Crippen LogP contribution in [-0.2, 0) is 20.8 Å². The summed E-state index contributed by atoms with van der Waals surface area (Å²) < 4.78 is 5.66. The highest BCUT2D eigenvalue weighted by Crippen LogP contribution is 2.34. The zero-order valence-electron chi connectivity index (χ0n) is 20.5. The number of carbonyl (C=O) groups is 2. The second kappa shape index (κ2) is 13.6. The fraction of sp³-hybridized carbons (Fsp3) is 0.444. The Hall–Kier alpha value is -3.23. The molecule has 8 heteroatoms. The van der Waals surface area contributed by atoms with Crippen LogP contribution in [-0.4, -0.2) is 49.3 Å². The molecule has 8 nitrogen and oxygen atoms in total. The van der Waals surface area contributed by atoms with E-state index in [0.29, 0.717) is 31.1 Å². The number of ether oxygens (including phenoxy) is 1. The Bertz CT molecular complexity index is 1010. The first kappa shape index (κ1) is 26.4. The molecule has 1 amide bonds. The molecule has 0 saturated carbocycles. The van der Waals surface area contributed by atoms with E-state index in [1.807, 2.05) is 55.5 Å². The molecule has 2 aromatic carbocycles. The monoisotopic (exact) mass is 481 g/mol. The molecule has 2 N–H and O–H groups in total. The van der Waals surface area contributed by atoms with E-state index in [1.165, 1.54) is 7.11 Å². The topological polar surface area (TPSA) is 100 Å². The van der Waals surface area contributed by atoms with Gasteiger partial charge in [-0.2, -0.15) is 5.48 Å². The second-order valence-corrected chi connectivity index (χ2v) is 8.55. The number of hydrogen-bond donors (Lipinski definition) is 2. The van der Waals surface area contributed by atoms with Crippen molar-refractivity contribution in [3.8, 4) is 11.1 Å². The fourth-order valence-electron chi connectivity index (χ4n) is 4.06. The van der Waals surface area contributed by atoms with E-state index < -0.39 is 18.1 Å². The lowest BCUT2D eigenvalue weighted by molar-refractivity contribution is -0.143. The number of aliphatic imine (C=N–C) groups is 1. The van der Waals surface area contributed by atoms with E-state index in [1.54, 1.807) is 4.90 Å². The maximum absolute atomic E-state index is 13.5. The van der Waals surface area contributed by atoms with Crippen molar-refractivity contribution in [3.05, 3.63) is 54.1 Å². The summed E-state index contributed by atoms with van der Waals surface area (Å²) in [7, 11) is 1.39. The Morgan fingerprint density at radius 3 is 2.66 bits per heavy atom. The average Bonchev–Trinajstić information content (AvgIpc) is 3.14. The number of rotatable bonds is 10. The number of benzene rings is 2. The zero-order chi connectivity index (χ0) is 25.0. The Balaban J connectivity index is 2.10. The SMILES string of the molecule is CCCCOC(=O)N(C1=NCCCCC1)c1cc(CC(NOC)C(=O)O)ccc1-c1ccccc1. The molecule has 188 valence electrons. The van der Waals surface area contributed by atoms with E-state index in [2.05, 4.69) is 5.48 Å². The highest BCUT2D eigenvalue weighted by atomic mass is 16.6. The van der Waals surface area contributed by atoms with Crippen LogP contribution in [0.3, 0.4) is 0 Å². The van der Waals surface area contributed by atoms with Crippen LogP contribution < -0.4 is 10.4 Å². The molecule has 0 radical (unpaired) electrons. The fourth-order valence-corrected chi connectivity index (χ4v) is 4.06. The van der Waals surface area contributed by atoms with Gasteiger partial charge in [0.2, 0.25) is 0 Å². The van der Waals surface area contributed by atoms with E-state index in [0.717, 1.165) is 48.8 Å². The predicted octanol–water partition coefficient (Wildman–Crippen LogP) is 5.22. The smallest absolute Gasteiger partial charge is 0.419 e. The minimum atomic E-state index is -1.02. The van der Waals surface area contributed by atoms with Gasteiger partial charge in [0, 0.05) is 24.9 Å². The van der Waals surface area contributed by atoms with Gasteiger partial charge in [0.25, 0.3) is 0 Å². The third kappa shape index (κ3) is 7.37. The molecule has 0 aliphatic carbocycles. The van der Waals surface area contributed by atoms with E-state index in [9.17, 15) is 14.7 Å². The zero-order valence-corrected chi connectivity index (χ0v) is 20.5. The van der Waals surface area contributed by atoms with Gasteiger partial charge in [0.1, 0.15) is 11.9 Å². The second-order valence-electron chi connectivity index (χ2n) is 8.55. The number of aliphatic carboxylic acids is 1. The molecule has 0 bridgehead atoms. The molecular weight excluding hydrogens is 446 g/mol. The summed E-state index contributed by atoms with van der Waals surface area (Å²) in [6.45, 7) is 3.04. The first-order valence-electron chi connectivity index (χ1n) is 12.2. The molecule has 1 heterocycles. The van der Waals surface area contributed by atoms with Crippen LogP contribution in [0.4, 0.5) is 10.5 Å². The number of anilines is 1. The van der Waals surface area contributed by atoms with Crippen molar-refractivity contribution in [3.63, 3.8) is 0 Å². The number of nitrogens with zero attached hydrogens (tertiary/aromatic N) is 2. The number of nitrogens with one attached hydrogen (secondary N) is 1. The molecule has 0 saturated heterocycles. The summed E-state index contributed by atoms with van der Waals surface area (Å²) in [5.74, 6) is -0.340. The molecule has 0 spiro atoms. The number of amidine groups is 1. The third-order valence-corrected chi connectivity index (χ3v) is 5.90. The van der Waals surface area contributed by atoms with Gasteiger partial charge in [0.05, 0.1) is 19.4 Å². The van der Waals surface area contributed by atoms with Crippen LogP contribution in [0, 0.1) is 0 Å². The van der Waals surface area contributed by atoms with Crippen LogP contribution in [0.25, 0.3) is 11.1 Å². The van der Waals surface area contributed by atoms with Gasteiger partial charge in [-0.1, -0.05) is 62.2 Å². The van der Waals surface area contributed by atoms with Crippen molar-refractivity contribution in [2.75, 3.05) is 25.2 Å². The number of carbonyl (C=O) groups excluding carboxylic acids is 1. The standard InChI is InChI=1S/C27H35N3O5/c1-3-4-17-35-27(33)30(25-13-9-6-10-16-28-25)24-19-20(18-23(26(31)32)29-34-2)14-15-22(24)21-11-7-5-8-12-21/h5,7-8,11-12,14-15,19,23,29H,3-4,6,9-10,13,16-18H2,1-2H3,(H,31,32). The van der Waals surface area contributed by atoms with Crippen LogP contribution in [0.5, 0.6) is 0 Å². The summed E-state index contributed by atoms with van der Waals surface area (Å²) in [6, 6.07) is 14.6. The normalized spacial score (nSPS) is 14.5. The summed E-state index contributed by atoms with van der Waals surface area (Å²) in [4.78, 5) is 36.4. The van der Waals surface area contributed by atoms with E-state index in [4.69, 9.17) is 14.6 Å². The van der Waals surface area contributed by atoms with Crippen molar-refractivity contribution in [1.82, 2.24) is 5.48 Å². The van der Waals surface area contributed by atoms with Gasteiger partial charge < -0.3 is 14.7 Å². The number of carboxylic acids is 1. The molecule has 2 aromatic rings. The van der Waals surface area contributed by atoms with Crippen LogP contribution >= 0.6 is 0 Å². The van der Waals surface area contributed by atoms with Crippen molar-refractivity contribution < 1.29 is 24.3 Å². The maximum Gasteiger partial charge on any atom is 0.419 e. The van der Waals surface area contributed by atoms with Crippen molar-refractivity contribution in [2.24, 2.45) is 4.99 Å². The van der Waals surface area contributed by atoms with Gasteiger partial charge >= 0.3 is 12.1 Å². The largest absolute Gasteiger partial charge is 0.480 e. The van der Waals surface area contributed by atoms with Crippen LogP contribution in [0.15, 0.2) is 53.5 Å². The Morgan fingerprint density at radius 1 is 1.14 bits per heavy atom. The molecule has 1 atom stereocenters. The number of carboxylic acid groups (broad SMARTS) is 1. The van der Waals surface area contributed by atoms with Crippen molar-refractivity contribution >= 4 is 23.6 Å². The number of unbranched alkanes of at least 4 members (excludes halogenated alkanes) is 1. The molecule has 1 unspecified atom stereocenters. The van der Waals surface area contributed by atoms with Gasteiger partial charge in [-0.3, -0.25) is 9.79 Å². The van der Waals surface area contributed by atoms with Gasteiger partial charge in [-0.05, 0) is 36.5 Å². The molecular formula is C27H35N3O5. The third-order valence-electron chi connectivity index (χ3n) is 5.90. The van der Waals surface area contributed by atoms with Gasteiger partial charge in [-0.25, -0.2) is 9.69 Å². The van der Waals surface area contributed by atoms with Gasteiger partial charge in [-0.15, -0.1) is 0 Å². The number of hydroxylamine groups is 1. The Morgan fingerprint density at radius 2 is 1.94 bits per heavy atom. The first-order valence-corrected chi connectivity index (χ1v) is 12.2. The Kier molecular flexibility index (Phi) is 10.3. The van der Waals surface area contributed by atoms with Crippen LogP contribution in [0.2, 0.25) is 0 Å². The molecule has 0 aromatic heterocycles. The number of hydrogen-bond acceptors (Lipinski definition) is 6. The van der Waals surface area contributed by atoms with Crippen molar-refractivity contribution in [1.29, 1.82) is 0 Å². The highest BCUT2D eigenvalue weighted by Gasteiger charge is 2.28. The summed E-state index contributed by atoms with van der Waals surface area (Å²) in [5, 5.41) is 9.57. The maximum atomic E-state index is 13.5. The lowest BCUT2D eigenvalue weighted by Gasteiger charge is -2.27. The predicted molar refractivity (Wildman–Crippen MR) is 137 cm³/mol. The van der Waals surface area contributed by atoms with Crippen LogP contribution in [0.1, 0.15) is 51.0 Å². The van der Waals surface area contributed by atoms with E-state index >= 15 is 0 Å². The minimum absolute atomic E-state index is 0.177. The first-order chi connectivity index (χ1) is 17.0. The molecule has 3 rings (SSSR count). The quantitative estimate of drug-likeness (QED) is 0.357. The summed E-state index contributed by atoms with van der Waals surface area (Å²) >= 11 is 0. The lowest BCUT2D eigenvalue weighted by atomic mass is 9.97. The summed E-state index contributed by atoms with van der Waals surface area (Å²) in [6.07, 6.45) is 5.07. The molecule has 1 aliphatic rings. The number of amides is 1. The average molecular weight is 482 g/mol. The molecule has 1 aliphatic heterocycles. The van der Waals surface area contributed by atoms with Gasteiger partial charge in [0.15, 0.2) is 0 Å². The highest BCUT2D eigenvalue weighted by molar-refractivity contribution is 6.16. The lowest BCUT2D eigenvalue weighted by Crippen LogP contribution is -2.39. The Labute approximate surface area is 206 Å². The molecule has 35 heavy (non-hydrogen) atoms. The minimum Gasteiger partial charge on any atom is -0.480 e. The van der Waals surface area contributed by atoms with Crippen molar-refractivity contribution in [2.45, 2.75) is 57.9 Å². The van der Waals surface area contributed by atoms with E-state index in [-0.39, 0.29) is 6.42 Å². The molecule has 0 fully saturated rings. The summed E-state index contributed by atoms with van der Waals surface area (Å²) in [5.41, 5.74) is 5.70.